The van der Waals surface area contributed by atoms with E-state index in [1.54, 1.807) is 0 Å². The van der Waals surface area contributed by atoms with E-state index in [1.165, 1.54) is 32.1 Å². The fourth-order valence-electron chi connectivity index (χ4n) is 3.19. The summed E-state index contributed by atoms with van der Waals surface area (Å²) < 4.78 is 12.4. The summed E-state index contributed by atoms with van der Waals surface area (Å²) in [5.74, 6) is -0.507. The van der Waals surface area contributed by atoms with Crippen LogP contribution in [0.15, 0.2) is 0 Å². The Labute approximate surface area is 155 Å². The Morgan fingerprint density at radius 1 is 0.920 bits per heavy atom. The predicted octanol–water partition coefficient (Wildman–Crippen LogP) is 4.98. The molecule has 0 aromatic carbocycles. The first-order chi connectivity index (χ1) is 12.1. The van der Waals surface area contributed by atoms with Gasteiger partial charge in [0.25, 0.3) is 0 Å². The van der Waals surface area contributed by atoms with Gasteiger partial charge in [-0.15, -0.1) is 0 Å². The normalized spacial score (nSPS) is 13.0. The number of amides is 2. The molecule has 0 radical (unpaired) electrons. The maximum absolute atomic E-state index is 11.2. The summed E-state index contributed by atoms with van der Waals surface area (Å²) in [6.45, 7) is 10.4. The maximum atomic E-state index is 11.2. The van der Waals surface area contributed by atoms with Gasteiger partial charge < -0.3 is 20.5 Å². The van der Waals surface area contributed by atoms with Crippen molar-refractivity contribution in [3.8, 4) is 0 Å². The summed E-state index contributed by atoms with van der Waals surface area (Å²) in [5.41, 5.74) is 5.30. The number of nitrogens with one attached hydrogen (secondary N) is 1. The molecular formula is C20H42N2O3. The molecule has 0 fully saturated rings. The molecule has 5 nitrogen and oxygen atoms in total. The molecule has 0 aromatic rings. The minimum Gasteiger partial charge on any atom is -0.352 e. The van der Waals surface area contributed by atoms with Gasteiger partial charge in [-0.25, -0.2) is 4.79 Å². The van der Waals surface area contributed by atoms with E-state index in [0.29, 0.717) is 19.8 Å². The molecular weight excluding hydrogens is 316 g/mol. The lowest BCUT2D eigenvalue weighted by Crippen LogP contribution is -2.49. The number of carbonyl (C=O) groups is 1. The molecule has 0 saturated carbocycles. The molecule has 0 rings (SSSR count). The van der Waals surface area contributed by atoms with Crippen molar-refractivity contribution >= 4 is 6.03 Å². The molecule has 0 aliphatic carbocycles. The van der Waals surface area contributed by atoms with Crippen LogP contribution >= 0.6 is 0 Å². The third kappa shape index (κ3) is 10.7. The van der Waals surface area contributed by atoms with Crippen LogP contribution in [-0.4, -0.2) is 31.6 Å². The highest BCUT2D eigenvalue weighted by Gasteiger charge is 2.39. The van der Waals surface area contributed by atoms with Crippen LogP contribution in [0.2, 0.25) is 0 Å². The fraction of sp³-hybridized carbons (Fsp3) is 0.950. The van der Waals surface area contributed by atoms with E-state index in [4.69, 9.17) is 15.2 Å². The maximum Gasteiger partial charge on any atom is 0.312 e. The number of hydrogen-bond donors (Lipinski definition) is 2. The summed E-state index contributed by atoms with van der Waals surface area (Å²) in [6, 6.07) is -0.482. The minimum atomic E-state index is -0.627. The quantitative estimate of drug-likeness (QED) is 0.284. The predicted molar refractivity (Wildman–Crippen MR) is 105 cm³/mol. The summed E-state index contributed by atoms with van der Waals surface area (Å²) in [7, 11) is 0. The Morgan fingerprint density at radius 3 is 1.96 bits per heavy atom. The van der Waals surface area contributed by atoms with Crippen molar-refractivity contribution in [3.63, 3.8) is 0 Å². The molecule has 2 amide bonds. The zero-order valence-electron chi connectivity index (χ0n) is 17.1. The Kier molecular flexibility index (Phi) is 14.9. The van der Waals surface area contributed by atoms with Gasteiger partial charge in [-0.2, -0.15) is 0 Å². The zero-order valence-corrected chi connectivity index (χ0v) is 17.1. The Morgan fingerprint density at radius 2 is 1.48 bits per heavy atom. The van der Waals surface area contributed by atoms with Crippen molar-refractivity contribution in [1.29, 1.82) is 0 Å². The Bertz CT molecular complexity index is 316. The number of hydrogen-bond acceptors (Lipinski definition) is 3. The fourth-order valence-corrected chi connectivity index (χ4v) is 3.19. The van der Waals surface area contributed by atoms with Crippen LogP contribution in [0.4, 0.5) is 4.79 Å². The zero-order chi connectivity index (χ0) is 19.0. The Hall–Kier alpha value is -0.810. The van der Waals surface area contributed by atoms with E-state index in [9.17, 15) is 4.79 Å². The van der Waals surface area contributed by atoms with Crippen molar-refractivity contribution in [2.75, 3.05) is 19.8 Å². The highest BCUT2D eigenvalue weighted by molar-refractivity contribution is 5.71. The van der Waals surface area contributed by atoms with Gasteiger partial charge in [-0.3, -0.25) is 0 Å². The molecule has 150 valence electrons. The van der Waals surface area contributed by atoms with Gasteiger partial charge in [0.1, 0.15) is 0 Å². The second-order valence-electron chi connectivity index (χ2n) is 6.86. The molecule has 1 unspecified atom stereocenters. The van der Waals surface area contributed by atoms with Crippen molar-refractivity contribution in [2.45, 2.75) is 97.7 Å². The number of rotatable bonds is 17. The van der Waals surface area contributed by atoms with Gasteiger partial charge in [0.2, 0.25) is 0 Å². The molecule has 5 heteroatoms. The summed E-state index contributed by atoms with van der Waals surface area (Å²) in [5, 5.41) is 2.78. The minimum absolute atomic E-state index is 0.120. The van der Waals surface area contributed by atoms with Gasteiger partial charge in [0.15, 0.2) is 5.79 Å². The SMILES string of the molecule is CCCCCCCCC(CNC(N)=O)C(CC)(OCCC)OCCC. The lowest BCUT2D eigenvalue weighted by molar-refractivity contribution is -0.269. The van der Waals surface area contributed by atoms with Crippen LogP contribution in [0.5, 0.6) is 0 Å². The third-order valence-corrected chi connectivity index (χ3v) is 4.64. The number of nitrogens with two attached hydrogens (primary N) is 1. The first-order valence-corrected chi connectivity index (χ1v) is 10.4. The monoisotopic (exact) mass is 358 g/mol. The molecule has 0 saturated heterocycles. The van der Waals surface area contributed by atoms with Crippen LogP contribution in [0.1, 0.15) is 91.9 Å². The second kappa shape index (κ2) is 15.4. The van der Waals surface area contributed by atoms with Gasteiger partial charge in [0, 0.05) is 25.7 Å². The van der Waals surface area contributed by atoms with E-state index < -0.39 is 11.8 Å². The molecule has 0 aliphatic rings. The molecule has 0 aromatic heterocycles. The van der Waals surface area contributed by atoms with Crippen LogP contribution in [0.25, 0.3) is 0 Å². The van der Waals surface area contributed by atoms with Gasteiger partial charge >= 0.3 is 6.03 Å². The largest absolute Gasteiger partial charge is 0.352 e. The number of unbranched alkanes of at least 4 members (excludes halogenated alkanes) is 5. The topological polar surface area (TPSA) is 73.6 Å². The van der Waals surface area contributed by atoms with Crippen molar-refractivity contribution < 1.29 is 14.3 Å². The van der Waals surface area contributed by atoms with E-state index in [1.807, 2.05) is 0 Å². The molecule has 0 heterocycles. The van der Waals surface area contributed by atoms with Crippen molar-refractivity contribution in [1.82, 2.24) is 5.32 Å². The van der Waals surface area contributed by atoms with Gasteiger partial charge in [-0.1, -0.05) is 66.2 Å². The second-order valence-corrected chi connectivity index (χ2v) is 6.86. The van der Waals surface area contributed by atoms with E-state index in [2.05, 4.69) is 33.0 Å². The smallest absolute Gasteiger partial charge is 0.312 e. The summed E-state index contributed by atoms with van der Waals surface area (Å²) in [6.07, 6.45) is 11.1. The molecule has 0 bridgehead atoms. The van der Waals surface area contributed by atoms with Crippen molar-refractivity contribution in [3.05, 3.63) is 0 Å². The number of ether oxygens (including phenoxy) is 2. The number of urea groups is 1. The van der Waals surface area contributed by atoms with E-state index in [-0.39, 0.29) is 5.92 Å². The lowest BCUT2D eigenvalue weighted by atomic mass is 9.89. The van der Waals surface area contributed by atoms with Gasteiger partial charge in [-0.05, 0) is 25.7 Å². The average molecular weight is 359 g/mol. The highest BCUT2D eigenvalue weighted by Crippen LogP contribution is 2.32. The highest BCUT2D eigenvalue weighted by atomic mass is 16.7. The van der Waals surface area contributed by atoms with Crippen LogP contribution in [0.3, 0.4) is 0 Å². The van der Waals surface area contributed by atoms with Gasteiger partial charge in [0.05, 0.1) is 0 Å². The standard InChI is InChI=1S/C20H42N2O3/c1-5-9-10-11-12-13-14-18(17-22-19(21)23)20(8-4,24-15-6-2)25-16-7-3/h18H,5-17H2,1-4H3,(H3,21,22,23). The lowest BCUT2D eigenvalue weighted by Gasteiger charge is -2.40. The summed E-state index contributed by atoms with van der Waals surface area (Å²) >= 11 is 0. The van der Waals surface area contributed by atoms with Crippen molar-refractivity contribution in [2.24, 2.45) is 11.7 Å². The molecule has 25 heavy (non-hydrogen) atoms. The van der Waals surface area contributed by atoms with E-state index in [0.717, 1.165) is 32.1 Å². The Balaban J connectivity index is 4.87. The number of carbonyl (C=O) groups excluding carboxylic acids is 1. The molecule has 1 atom stereocenters. The van der Waals surface area contributed by atoms with Crippen LogP contribution in [0, 0.1) is 5.92 Å². The first-order valence-electron chi connectivity index (χ1n) is 10.4. The molecule has 0 spiro atoms. The van der Waals surface area contributed by atoms with Crippen LogP contribution < -0.4 is 11.1 Å². The van der Waals surface area contributed by atoms with E-state index >= 15 is 0 Å². The summed E-state index contributed by atoms with van der Waals surface area (Å²) in [4.78, 5) is 11.2. The third-order valence-electron chi connectivity index (χ3n) is 4.64. The average Bonchev–Trinajstić information content (AvgIpc) is 2.61. The number of primary amides is 1. The molecule has 0 aliphatic heterocycles. The first kappa shape index (κ1) is 24.2. The molecule has 3 N–H and O–H groups in total. The van der Waals surface area contributed by atoms with Crippen LogP contribution in [-0.2, 0) is 9.47 Å².